The molecule has 0 radical (unpaired) electrons. The van der Waals surface area contributed by atoms with Gasteiger partial charge in [0.15, 0.2) is 23.6 Å². The van der Waals surface area contributed by atoms with Crippen LogP contribution in [-0.2, 0) is 25.6 Å². The van der Waals surface area contributed by atoms with Gasteiger partial charge in [-0.3, -0.25) is 14.5 Å². The van der Waals surface area contributed by atoms with E-state index in [2.05, 4.69) is 15.4 Å². The van der Waals surface area contributed by atoms with E-state index in [1.807, 2.05) is 6.07 Å². The Balaban J connectivity index is 1.28. The number of nitrogens with two attached hydrogens (primary N) is 1. The molecule has 2 unspecified atom stereocenters. The molecule has 3 aromatic rings. The summed E-state index contributed by atoms with van der Waals surface area (Å²) in [6.45, 7) is 4.01. The largest absolute Gasteiger partial charge is 0.380 e. The maximum absolute atomic E-state index is 13.3. The van der Waals surface area contributed by atoms with Gasteiger partial charge in [-0.05, 0) is 35.9 Å². The van der Waals surface area contributed by atoms with Gasteiger partial charge in [0.1, 0.15) is 0 Å². The molecule has 0 saturated carbocycles. The molecule has 4 N–H and O–H groups in total. The van der Waals surface area contributed by atoms with Crippen molar-refractivity contribution < 1.29 is 28.7 Å². The minimum Gasteiger partial charge on any atom is -0.380 e. The summed E-state index contributed by atoms with van der Waals surface area (Å²) >= 11 is 6.43. The van der Waals surface area contributed by atoms with Gasteiger partial charge in [0, 0.05) is 48.6 Å². The highest BCUT2D eigenvalue weighted by molar-refractivity contribution is 6.31. The lowest BCUT2D eigenvalue weighted by Crippen LogP contribution is -2.55. The summed E-state index contributed by atoms with van der Waals surface area (Å²) in [6.07, 6.45) is -3.09. The zero-order chi connectivity index (χ0) is 25.2. The molecule has 0 aliphatic carbocycles. The molecule has 190 valence electrons. The van der Waals surface area contributed by atoms with Gasteiger partial charge < -0.3 is 35.1 Å². The number of aliphatic hydroxyl groups is 1. The first-order chi connectivity index (χ1) is 17.4. The minimum atomic E-state index is -1.73. The molecule has 2 aromatic carbocycles. The average molecular weight is 516 g/mol. The van der Waals surface area contributed by atoms with Crippen LogP contribution in [0.5, 0.6) is 0 Å². The monoisotopic (exact) mass is 515 g/mol. The standard InChI is InChI=1S/C24H26ClN5O6/c25-18-4-2-16(11-14(18)13-29-5-8-34-9-6-29)30-7-10-35-21(24(30)33)20(31)23(32)27-15-1-3-17-19(12-15)36-28-22(17)26/h1-4,11-12,20-21,31H,5-10,13H2,(H2,26,28)(H,27,32). The van der Waals surface area contributed by atoms with Crippen molar-refractivity contribution in [3.63, 3.8) is 0 Å². The molecular weight excluding hydrogens is 490 g/mol. The Kier molecular flexibility index (Phi) is 7.08. The quantitative estimate of drug-likeness (QED) is 0.446. The predicted octanol–water partition coefficient (Wildman–Crippen LogP) is 1.63. The van der Waals surface area contributed by atoms with Crippen LogP contribution in [0.1, 0.15) is 5.56 Å². The van der Waals surface area contributed by atoms with Crippen LogP contribution in [0.4, 0.5) is 17.2 Å². The molecule has 0 bridgehead atoms. The fourth-order valence-electron chi connectivity index (χ4n) is 4.33. The number of carbonyl (C=O) groups excluding carboxylic acids is 2. The normalized spacial score (nSPS) is 20.0. The molecule has 2 atom stereocenters. The van der Waals surface area contributed by atoms with Crippen LogP contribution in [-0.4, -0.2) is 78.6 Å². The van der Waals surface area contributed by atoms with E-state index in [1.165, 1.54) is 11.0 Å². The molecule has 12 heteroatoms. The van der Waals surface area contributed by atoms with E-state index < -0.39 is 24.0 Å². The van der Waals surface area contributed by atoms with Crippen molar-refractivity contribution in [1.29, 1.82) is 0 Å². The Morgan fingerprint density at radius 2 is 2.00 bits per heavy atom. The first-order valence-electron chi connectivity index (χ1n) is 11.6. The third kappa shape index (κ3) is 5.01. The van der Waals surface area contributed by atoms with Gasteiger partial charge in [-0.1, -0.05) is 16.8 Å². The third-order valence-electron chi connectivity index (χ3n) is 6.28. The van der Waals surface area contributed by atoms with Gasteiger partial charge in [0.05, 0.1) is 25.2 Å². The minimum absolute atomic E-state index is 0.158. The number of aromatic nitrogens is 1. The van der Waals surface area contributed by atoms with E-state index >= 15 is 0 Å². The van der Waals surface area contributed by atoms with Crippen molar-refractivity contribution >= 4 is 51.6 Å². The second kappa shape index (κ2) is 10.4. The molecular formula is C24H26ClN5O6. The van der Waals surface area contributed by atoms with Gasteiger partial charge in [0.2, 0.25) is 0 Å². The van der Waals surface area contributed by atoms with Crippen LogP contribution in [0.2, 0.25) is 5.02 Å². The van der Waals surface area contributed by atoms with E-state index in [0.29, 0.717) is 47.1 Å². The van der Waals surface area contributed by atoms with Crippen molar-refractivity contribution in [3.05, 3.63) is 47.0 Å². The lowest BCUT2D eigenvalue weighted by atomic mass is 10.1. The zero-order valence-corrected chi connectivity index (χ0v) is 20.1. The summed E-state index contributed by atoms with van der Waals surface area (Å²) in [5, 5.41) is 18.1. The Morgan fingerprint density at radius 1 is 1.19 bits per heavy atom. The number of amides is 2. The zero-order valence-electron chi connectivity index (χ0n) is 19.4. The molecule has 2 amide bonds. The van der Waals surface area contributed by atoms with Gasteiger partial charge in [0.25, 0.3) is 11.8 Å². The summed E-state index contributed by atoms with van der Waals surface area (Å²) in [5.41, 5.74) is 7.95. The number of hydrogen-bond donors (Lipinski definition) is 3. The number of fused-ring (bicyclic) bond motifs is 1. The van der Waals surface area contributed by atoms with Crippen LogP contribution in [0.25, 0.3) is 11.0 Å². The van der Waals surface area contributed by atoms with E-state index in [9.17, 15) is 14.7 Å². The number of benzene rings is 2. The average Bonchev–Trinajstić information content (AvgIpc) is 3.25. The summed E-state index contributed by atoms with van der Waals surface area (Å²) in [7, 11) is 0. The van der Waals surface area contributed by atoms with Crippen LogP contribution in [0, 0.1) is 0 Å². The number of hydrogen-bond acceptors (Lipinski definition) is 9. The van der Waals surface area contributed by atoms with Crippen LogP contribution in [0.3, 0.4) is 0 Å². The number of nitrogen functional groups attached to an aromatic ring is 1. The molecule has 0 spiro atoms. The highest BCUT2D eigenvalue weighted by Gasteiger charge is 2.39. The highest BCUT2D eigenvalue weighted by Crippen LogP contribution is 2.28. The molecule has 36 heavy (non-hydrogen) atoms. The number of ether oxygens (including phenoxy) is 2. The summed E-state index contributed by atoms with van der Waals surface area (Å²) in [4.78, 5) is 29.7. The molecule has 2 saturated heterocycles. The Labute approximate surface area is 211 Å². The van der Waals surface area contributed by atoms with Gasteiger partial charge in [-0.2, -0.15) is 0 Å². The molecule has 2 aliphatic heterocycles. The van der Waals surface area contributed by atoms with Crippen molar-refractivity contribution in [1.82, 2.24) is 10.1 Å². The molecule has 1 aromatic heterocycles. The number of rotatable bonds is 6. The third-order valence-corrected chi connectivity index (χ3v) is 6.65. The van der Waals surface area contributed by atoms with Crippen LogP contribution >= 0.6 is 11.6 Å². The van der Waals surface area contributed by atoms with Gasteiger partial charge >= 0.3 is 0 Å². The molecule has 2 aliphatic rings. The maximum Gasteiger partial charge on any atom is 0.259 e. The van der Waals surface area contributed by atoms with E-state index in [-0.39, 0.29) is 19.0 Å². The number of nitrogens with zero attached hydrogens (tertiary/aromatic N) is 3. The van der Waals surface area contributed by atoms with Crippen LogP contribution in [0.15, 0.2) is 40.9 Å². The second-order valence-electron chi connectivity index (χ2n) is 8.66. The Morgan fingerprint density at radius 3 is 2.81 bits per heavy atom. The molecule has 11 nitrogen and oxygen atoms in total. The van der Waals surface area contributed by atoms with Gasteiger partial charge in [-0.25, -0.2) is 0 Å². The molecule has 5 rings (SSSR count). The first-order valence-corrected chi connectivity index (χ1v) is 11.9. The number of halogens is 1. The fourth-order valence-corrected chi connectivity index (χ4v) is 4.50. The predicted molar refractivity (Wildman–Crippen MR) is 133 cm³/mol. The van der Waals surface area contributed by atoms with E-state index in [1.54, 1.807) is 24.3 Å². The number of carbonyl (C=O) groups is 2. The SMILES string of the molecule is Nc1noc2cc(NC(=O)C(O)C3OCCN(c4ccc(Cl)c(CN5CCOCC5)c4)C3=O)ccc12. The maximum atomic E-state index is 13.3. The van der Waals surface area contributed by atoms with Crippen molar-refractivity contribution in [2.24, 2.45) is 0 Å². The first kappa shape index (κ1) is 24.5. The van der Waals surface area contributed by atoms with Crippen LogP contribution < -0.4 is 16.0 Å². The summed E-state index contributed by atoms with van der Waals surface area (Å²) in [5.74, 6) is -1.06. The topological polar surface area (TPSA) is 143 Å². The summed E-state index contributed by atoms with van der Waals surface area (Å²) in [6, 6.07) is 10.1. The lowest BCUT2D eigenvalue weighted by molar-refractivity contribution is -0.150. The summed E-state index contributed by atoms with van der Waals surface area (Å²) < 4.78 is 16.0. The lowest BCUT2D eigenvalue weighted by Gasteiger charge is -2.34. The number of nitrogens with one attached hydrogen (secondary N) is 1. The Hall–Kier alpha value is -3.22. The molecule has 2 fully saturated rings. The van der Waals surface area contributed by atoms with Crippen molar-refractivity contribution in [2.45, 2.75) is 18.8 Å². The molecule has 3 heterocycles. The second-order valence-corrected chi connectivity index (χ2v) is 9.07. The fraction of sp³-hybridized carbons (Fsp3) is 0.375. The number of aliphatic hydroxyl groups excluding tert-OH is 1. The smallest absolute Gasteiger partial charge is 0.259 e. The highest BCUT2D eigenvalue weighted by atomic mass is 35.5. The van der Waals surface area contributed by atoms with E-state index in [4.69, 9.17) is 31.3 Å². The van der Waals surface area contributed by atoms with Crippen molar-refractivity contribution in [3.8, 4) is 0 Å². The van der Waals surface area contributed by atoms with Gasteiger partial charge in [-0.15, -0.1) is 0 Å². The Bertz CT molecular complexity index is 1280. The number of anilines is 3. The van der Waals surface area contributed by atoms with Crippen molar-refractivity contribution in [2.75, 3.05) is 55.4 Å². The number of morpholine rings is 2. The van der Waals surface area contributed by atoms with E-state index in [0.717, 1.165) is 18.7 Å².